The molecule has 13 heavy (non-hydrogen) atoms. The smallest absolute Gasteiger partial charge is 0.323 e. The number of nitrogens with two attached hydrogens (primary N) is 1. The third kappa shape index (κ3) is 2.35. The molecule has 0 heterocycles. The Hall–Kier alpha value is -0.750. The minimum atomic E-state index is -4.34. The average molecular weight is 255 g/mol. The lowest BCUT2D eigenvalue weighted by Gasteiger charge is -2.09. The van der Waals surface area contributed by atoms with Gasteiger partial charge in [-0.3, -0.25) is 5.84 Å². The SMILES string of the molecule is NNc1cc(C(F)(F)F)ccc1Br. The minimum Gasteiger partial charge on any atom is -0.323 e. The summed E-state index contributed by atoms with van der Waals surface area (Å²) in [6.07, 6.45) is -4.34. The molecule has 1 aromatic carbocycles. The quantitative estimate of drug-likeness (QED) is 0.598. The second-order valence-electron chi connectivity index (χ2n) is 2.34. The first kappa shape index (κ1) is 10.3. The van der Waals surface area contributed by atoms with Crippen molar-refractivity contribution in [3.8, 4) is 0 Å². The number of hydrazine groups is 1. The molecule has 6 heteroatoms. The molecule has 0 saturated heterocycles. The van der Waals surface area contributed by atoms with Crippen LogP contribution in [0.2, 0.25) is 0 Å². The van der Waals surface area contributed by atoms with E-state index in [1.807, 2.05) is 0 Å². The first-order valence-electron chi connectivity index (χ1n) is 3.28. The normalized spacial score (nSPS) is 11.5. The molecule has 1 aromatic rings. The van der Waals surface area contributed by atoms with Gasteiger partial charge in [-0.1, -0.05) is 0 Å². The lowest BCUT2D eigenvalue weighted by atomic mass is 10.2. The van der Waals surface area contributed by atoms with E-state index in [2.05, 4.69) is 21.4 Å². The summed E-state index contributed by atoms with van der Waals surface area (Å²) in [5, 5.41) is 0. The van der Waals surface area contributed by atoms with Crippen molar-refractivity contribution in [2.45, 2.75) is 6.18 Å². The molecule has 0 aliphatic rings. The highest BCUT2D eigenvalue weighted by atomic mass is 79.9. The van der Waals surface area contributed by atoms with Gasteiger partial charge in [-0.15, -0.1) is 0 Å². The van der Waals surface area contributed by atoms with Crippen molar-refractivity contribution in [2.75, 3.05) is 5.43 Å². The Labute approximate surface area is 81.0 Å². The molecule has 72 valence electrons. The van der Waals surface area contributed by atoms with Crippen molar-refractivity contribution in [1.82, 2.24) is 0 Å². The molecule has 0 unspecified atom stereocenters. The molecule has 0 bridgehead atoms. The largest absolute Gasteiger partial charge is 0.416 e. The van der Waals surface area contributed by atoms with Crippen LogP contribution in [0.1, 0.15) is 5.56 Å². The van der Waals surface area contributed by atoms with Gasteiger partial charge in [0, 0.05) is 4.47 Å². The lowest BCUT2D eigenvalue weighted by molar-refractivity contribution is -0.137. The summed E-state index contributed by atoms with van der Waals surface area (Å²) < 4.78 is 36.9. The van der Waals surface area contributed by atoms with E-state index in [1.165, 1.54) is 6.07 Å². The van der Waals surface area contributed by atoms with Crippen LogP contribution in [0.5, 0.6) is 0 Å². The highest BCUT2D eigenvalue weighted by molar-refractivity contribution is 9.10. The summed E-state index contributed by atoms with van der Waals surface area (Å²) in [5.74, 6) is 5.02. The van der Waals surface area contributed by atoms with Crippen molar-refractivity contribution >= 4 is 21.6 Å². The van der Waals surface area contributed by atoms with Crippen molar-refractivity contribution in [3.05, 3.63) is 28.2 Å². The Morgan fingerprint density at radius 2 is 1.92 bits per heavy atom. The van der Waals surface area contributed by atoms with E-state index < -0.39 is 11.7 Å². The highest BCUT2D eigenvalue weighted by Gasteiger charge is 2.30. The maximum absolute atomic E-state index is 12.2. The van der Waals surface area contributed by atoms with Crippen LogP contribution in [0.3, 0.4) is 0 Å². The topological polar surface area (TPSA) is 38.0 Å². The third-order valence-electron chi connectivity index (χ3n) is 1.45. The van der Waals surface area contributed by atoms with Crippen LogP contribution in [-0.2, 0) is 6.18 Å². The highest BCUT2D eigenvalue weighted by Crippen LogP contribution is 2.33. The second-order valence-corrected chi connectivity index (χ2v) is 3.19. The summed E-state index contributed by atoms with van der Waals surface area (Å²) in [6, 6.07) is 3.20. The predicted octanol–water partition coefficient (Wildman–Crippen LogP) is 2.75. The molecular weight excluding hydrogens is 249 g/mol. The van der Waals surface area contributed by atoms with Gasteiger partial charge in [0.2, 0.25) is 0 Å². The van der Waals surface area contributed by atoms with E-state index in [0.29, 0.717) is 4.47 Å². The third-order valence-corrected chi connectivity index (χ3v) is 2.14. The molecular formula is C7H6BrF3N2. The fraction of sp³-hybridized carbons (Fsp3) is 0.143. The fourth-order valence-electron chi connectivity index (χ4n) is 0.812. The fourth-order valence-corrected chi connectivity index (χ4v) is 1.17. The van der Waals surface area contributed by atoms with Crippen molar-refractivity contribution in [3.63, 3.8) is 0 Å². The number of nitrogens with one attached hydrogen (secondary N) is 1. The minimum absolute atomic E-state index is 0.204. The Morgan fingerprint density at radius 1 is 1.31 bits per heavy atom. The molecule has 0 amide bonds. The Morgan fingerprint density at radius 3 is 2.38 bits per heavy atom. The van der Waals surface area contributed by atoms with Gasteiger partial charge in [-0.05, 0) is 34.1 Å². The number of benzene rings is 1. The van der Waals surface area contributed by atoms with E-state index in [4.69, 9.17) is 5.84 Å². The predicted molar refractivity (Wildman–Crippen MR) is 47.0 cm³/mol. The van der Waals surface area contributed by atoms with Crippen molar-refractivity contribution in [1.29, 1.82) is 0 Å². The molecule has 0 fully saturated rings. The Kier molecular flexibility index (Phi) is 2.82. The number of hydrogen-bond acceptors (Lipinski definition) is 2. The molecule has 0 aliphatic carbocycles. The van der Waals surface area contributed by atoms with E-state index >= 15 is 0 Å². The van der Waals surface area contributed by atoms with Gasteiger partial charge in [0.25, 0.3) is 0 Å². The summed E-state index contributed by atoms with van der Waals surface area (Å²) in [5.41, 5.74) is 1.63. The maximum atomic E-state index is 12.2. The van der Waals surface area contributed by atoms with Gasteiger partial charge in [-0.25, -0.2) is 0 Å². The van der Waals surface area contributed by atoms with Crippen molar-refractivity contribution < 1.29 is 13.2 Å². The van der Waals surface area contributed by atoms with Crippen molar-refractivity contribution in [2.24, 2.45) is 5.84 Å². The van der Waals surface area contributed by atoms with E-state index in [0.717, 1.165) is 12.1 Å². The lowest BCUT2D eigenvalue weighted by Crippen LogP contribution is -2.10. The Balaban J connectivity index is 3.14. The van der Waals surface area contributed by atoms with E-state index in [9.17, 15) is 13.2 Å². The average Bonchev–Trinajstić information content (AvgIpc) is 2.03. The van der Waals surface area contributed by atoms with Crippen LogP contribution >= 0.6 is 15.9 Å². The van der Waals surface area contributed by atoms with Gasteiger partial charge in [0.05, 0.1) is 11.3 Å². The van der Waals surface area contributed by atoms with Gasteiger partial charge in [0.1, 0.15) is 0 Å². The summed E-state index contributed by atoms with van der Waals surface area (Å²) in [7, 11) is 0. The molecule has 0 atom stereocenters. The molecule has 3 N–H and O–H groups in total. The van der Waals surface area contributed by atoms with Gasteiger partial charge >= 0.3 is 6.18 Å². The molecule has 0 spiro atoms. The first-order chi connectivity index (χ1) is 5.95. The number of hydrogen-bond donors (Lipinski definition) is 2. The summed E-state index contributed by atoms with van der Waals surface area (Å²) in [6.45, 7) is 0. The zero-order valence-electron chi connectivity index (χ0n) is 6.32. The summed E-state index contributed by atoms with van der Waals surface area (Å²) >= 11 is 3.05. The molecule has 1 rings (SSSR count). The maximum Gasteiger partial charge on any atom is 0.416 e. The van der Waals surface area contributed by atoms with Crippen LogP contribution in [0.25, 0.3) is 0 Å². The standard InChI is InChI=1S/C7H6BrF3N2/c8-5-2-1-4(7(9,10)11)3-6(5)13-12/h1-3,13H,12H2. The van der Waals surface area contributed by atoms with E-state index in [-0.39, 0.29) is 5.69 Å². The number of alkyl halides is 3. The second kappa shape index (κ2) is 3.55. The first-order valence-corrected chi connectivity index (χ1v) is 4.08. The number of halogens is 4. The van der Waals surface area contributed by atoms with Crippen LogP contribution in [-0.4, -0.2) is 0 Å². The van der Waals surface area contributed by atoms with Crippen LogP contribution < -0.4 is 11.3 Å². The number of rotatable bonds is 1. The van der Waals surface area contributed by atoms with E-state index in [1.54, 1.807) is 0 Å². The monoisotopic (exact) mass is 254 g/mol. The van der Waals surface area contributed by atoms with Gasteiger partial charge < -0.3 is 5.43 Å². The zero-order valence-corrected chi connectivity index (χ0v) is 7.91. The zero-order chi connectivity index (χ0) is 10.1. The molecule has 2 nitrogen and oxygen atoms in total. The number of anilines is 1. The van der Waals surface area contributed by atoms with Gasteiger partial charge in [0.15, 0.2) is 0 Å². The van der Waals surface area contributed by atoms with Gasteiger partial charge in [-0.2, -0.15) is 13.2 Å². The molecule has 0 aliphatic heterocycles. The molecule has 0 saturated carbocycles. The van der Waals surface area contributed by atoms with Crippen LogP contribution in [0.15, 0.2) is 22.7 Å². The molecule has 0 aromatic heterocycles. The van der Waals surface area contributed by atoms with Crippen LogP contribution in [0, 0.1) is 0 Å². The summed E-state index contributed by atoms with van der Waals surface area (Å²) in [4.78, 5) is 0. The van der Waals surface area contributed by atoms with Crippen LogP contribution in [0.4, 0.5) is 18.9 Å². The molecule has 0 radical (unpaired) electrons. The number of nitrogen functional groups attached to an aromatic ring is 1. The Bertz CT molecular complexity index is 311.